The molecule has 1 aromatic carbocycles. The van der Waals surface area contributed by atoms with Gasteiger partial charge in [-0.2, -0.15) is 0 Å². The van der Waals surface area contributed by atoms with Gasteiger partial charge in [0.05, 0.1) is 0 Å². The Morgan fingerprint density at radius 2 is 1.96 bits per heavy atom. The topological polar surface area (TPSA) is 76.1 Å². The van der Waals surface area contributed by atoms with E-state index in [4.69, 9.17) is 0 Å². The zero-order valence-corrected chi connectivity index (χ0v) is 12.7. The second-order valence-corrected chi connectivity index (χ2v) is 5.46. The van der Waals surface area contributed by atoms with Gasteiger partial charge in [0.15, 0.2) is 0 Å². The van der Waals surface area contributed by atoms with Crippen molar-refractivity contribution in [3.63, 3.8) is 0 Å². The molecular formula is C17H11N2O3S-. The number of ketones is 2. The molecule has 0 atom stereocenters. The number of rotatable bonds is 4. The molecule has 0 unspecified atom stereocenters. The minimum absolute atomic E-state index is 0.0283. The molecule has 1 N–H and O–H groups in total. The van der Waals surface area contributed by atoms with Crippen LogP contribution in [0.15, 0.2) is 53.4 Å². The highest BCUT2D eigenvalue weighted by molar-refractivity contribution is 7.07. The zero-order valence-electron chi connectivity index (χ0n) is 11.9. The first-order valence-corrected chi connectivity index (χ1v) is 7.70. The Kier molecular flexibility index (Phi) is 4.25. The highest BCUT2D eigenvalue weighted by Gasteiger charge is 2.26. The average molecular weight is 323 g/mol. The van der Waals surface area contributed by atoms with Crippen LogP contribution in [0.3, 0.4) is 0 Å². The molecule has 0 bridgehead atoms. The van der Waals surface area contributed by atoms with Crippen LogP contribution in [-0.2, 0) is 20.9 Å². The first kappa shape index (κ1) is 15.1. The number of nitrogens with zero attached hydrogens (tertiary/aromatic N) is 1. The van der Waals surface area contributed by atoms with E-state index < -0.39 is 17.5 Å². The predicted octanol–water partition coefficient (Wildman–Crippen LogP) is 1.72. The summed E-state index contributed by atoms with van der Waals surface area (Å²) in [6.07, 6.45) is 2.47. The number of Topliss-reactive ketones (excluding diaryl/α,β-unsaturated/α-hetero) is 1. The fourth-order valence-corrected chi connectivity index (χ4v) is 2.67. The summed E-state index contributed by atoms with van der Waals surface area (Å²) in [6, 6.07) is 9.41. The van der Waals surface area contributed by atoms with Crippen molar-refractivity contribution < 1.29 is 14.4 Å². The monoisotopic (exact) mass is 323 g/mol. The van der Waals surface area contributed by atoms with E-state index in [1.165, 1.54) is 17.4 Å². The molecular weight excluding hydrogens is 312 g/mol. The van der Waals surface area contributed by atoms with Crippen LogP contribution in [0, 0.1) is 5.51 Å². The minimum atomic E-state index is -0.725. The number of carbonyl (C=O) groups excluding carboxylic acids is 3. The Morgan fingerprint density at radius 1 is 1.17 bits per heavy atom. The van der Waals surface area contributed by atoms with Gasteiger partial charge in [-0.15, -0.1) is 5.38 Å². The molecule has 6 heteroatoms. The summed E-state index contributed by atoms with van der Waals surface area (Å²) >= 11 is 1.17. The quantitative estimate of drug-likeness (QED) is 0.528. The summed E-state index contributed by atoms with van der Waals surface area (Å²) < 4.78 is 0. The van der Waals surface area contributed by atoms with Gasteiger partial charge in [-0.25, -0.2) is 0 Å². The molecule has 2 aromatic rings. The Hall–Kier alpha value is -2.86. The van der Waals surface area contributed by atoms with Gasteiger partial charge >= 0.3 is 0 Å². The largest absolute Gasteiger partial charge is 0.386 e. The van der Waals surface area contributed by atoms with Crippen molar-refractivity contribution in [2.45, 2.75) is 6.54 Å². The number of aromatic nitrogens is 1. The molecule has 0 spiro atoms. The van der Waals surface area contributed by atoms with Crippen molar-refractivity contribution in [3.8, 4) is 0 Å². The number of allylic oxidation sites excluding steroid dienone is 2. The van der Waals surface area contributed by atoms with Crippen LogP contribution in [0.1, 0.15) is 11.3 Å². The maximum atomic E-state index is 12.4. The normalized spacial score (nSPS) is 14.3. The first-order valence-electron chi connectivity index (χ1n) is 6.82. The average Bonchev–Trinajstić information content (AvgIpc) is 3.10. The van der Waals surface area contributed by atoms with E-state index in [1.54, 1.807) is 5.38 Å². The molecule has 1 aliphatic rings. The Labute approximate surface area is 136 Å². The number of amides is 1. The van der Waals surface area contributed by atoms with Gasteiger partial charge in [0, 0.05) is 12.1 Å². The number of carbonyl (C=O) groups is 3. The summed E-state index contributed by atoms with van der Waals surface area (Å²) in [6.45, 7) is 0.329. The van der Waals surface area contributed by atoms with Gasteiger partial charge in [-0.1, -0.05) is 36.0 Å². The fourth-order valence-electron chi connectivity index (χ4n) is 2.18. The molecule has 0 saturated carbocycles. The third kappa shape index (κ3) is 3.17. The fraction of sp³-hybridized carbons (Fsp3) is 0.0588. The van der Waals surface area contributed by atoms with Gasteiger partial charge in [-0.3, -0.25) is 25.7 Å². The van der Waals surface area contributed by atoms with E-state index in [1.807, 2.05) is 30.3 Å². The third-order valence-electron chi connectivity index (χ3n) is 3.31. The van der Waals surface area contributed by atoms with Crippen molar-refractivity contribution in [2.75, 3.05) is 0 Å². The van der Waals surface area contributed by atoms with E-state index in [2.05, 4.69) is 15.8 Å². The molecule has 0 aliphatic heterocycles. The van der Waals surface area contributed by atoms with Gasteiger partial charge in [-0.05, 0) is 28.8 Å². The first-order chi connectivity index (χ1) is 11.2. The maximum Gasteiger partial charge on any atom is 0.251 e. The highest BCUT2D eigenvalue weighted by Crippen LogP contribution is 2.24. The number of benzene rings is 1. The summed E-state index contributed by atoms with van der Waals surface area (Å²) in [7, 11) is 0. The molecule has 23 heavy (non-hydrogen) atoms. The third-order valence-corrected chi connectivity index (χ3v) is 3.85. The minimum Gasteiger partial charge on any atom is -0.386 e. The lowest BCUT2D eigenvalue weighted by Crippen LogP contribution is -2.29. The lowest BCUT2D eigenvalue weighted by molar-refractivity contribution is -0.130. The predicted molar refractivity (Wildman–Crippen MR) is 85.3 cm³/mol. The summed E-state index contributed by atoms with van der Waals surface area (Å²) in [5.74, 6) is -1.81. The summed E-state index contributed by atoms with van der Waals surface area (Å²) in [5.41, 5.74) is 4.02. The lowest BCUT2D eigenvalue weighted by atomic mass is 9.93. The number of hydrogen-bond donors (Lipinski definition) is 1. The molecule has 1 heterocycles. The summed E-state index contributed by atoms with van der Waals surface area (Å²) in [5, 5.41) is 4.34. The van der Waals surface area contributed by atoms with Gasteiger partial charge in [0.1, 0.15) is 0 Å². The van der Waals surface area contributed by atoms with Crippen molar-refractivity contribution >= 4 is 34.4 Å². The maximum absolute atomic E-state index is 12.4. The molecule has 1 aromatic heterocycles. The van der Waals surface area contributed by atoms with E-state index in [0.29, 0.717) is 12.2 Å². The molecule has 1 amide bonds. The van der Waals surface area contributed by atoms with Crippen molar-refractivity contribution in [1.29, 1.82) is 0 Å². The smallest absolute Gasteiger partial charge is 0.251 e. The van der Waals surface area contributed by atoms with E-state index in [-0.39, 0.29) is 11.1 Å². The molecule has 114 valence electrons. The van der Waals surface area contributed by atoms with Crippen LogP contribution in [-0.4, -0.2) is 22.5 Å². The van der Waals surface area contributed by atoms with Crippen LogP contribution < -0.4 is 5.32 Å². The molecule has 5 nitrogen and oxygen atoms in total. The van der Waals surface area contributed by atoms with Crippen LogP contribution >= 0.6 is 11.3 Å². The number of thiazole rings is 1. The Bertz CT molecular complexity index is 821. The van der Waals surface area contributed by atoms with Crippen molar-refractivity contribution in [2.24, 2.45) is 0 Å². The van der Waals surface area contributed by atoms with Crippen LogP contribution in [0.5, 0.6) is 0 Å². The SMILES string of the molecule is O=C1C=CC(C(=O)NCc2ccccc2)=C(c2cs[c-]n2)C1=O. The van der Waals surface area contributed by atoms with E-state index >= 15 is 0 Å². The van der Waals surface area contributed by atoms with Gasteiger partial charge < -0.3 is 10.3 Å². The standard InChI is InChI=1S/C17H11N2O3S/c20-14-7-6-12(15(16(14)21)13-9-23-10-19-13)17(22)18-8-11-4-2-1-3-5-11/h1-7,9H,8H2,(H,18,22)/q-1. The van der Waals surface area contributed by atoms with Crippen LogP contribution in [0.25, 0.3) is 5.57 Å². The van der Waals surface area contributed by atoms with Crippen molar-refractivity contribution in [1.82, 2.24) is 10.3 Å². The highest BCUT2D eigenvalue weighted by atomic mass is 32.1. The number of nitrogens with one attached hydrogen (secondary N) is 1. The Balaban J connectivity index is 1.88. The van der Waals surface area contributed by atoms with E-state index in [0.717, 1.165) is 11.6 Å². The molecule has 0 radical (unpaired) electrons. The van der Waals surface area contributed by atoms with Gasteiger partial charge in [0.25, 0.3) is 5.91 Å². The summed E-state index contributed by atoms with van der Waals surface area (Å²) in [4.78, 5) is 40.1. The van der Waals surface area contributed by atoms with Gasteiger partial charge in [0.2, 0.25) is 11.6 Å². The van der Waals surface area contributed by atoms with Crippen molar-refractivity contribution in [3.05, 3.63) is 70.2 Å². The molecule has 0 fully saturated rings. The van der Waals surface area contributed by atoms with Crippen LogP contribution in [0.2, 0.25) is 0 Å². The second-order valence-electron chi connectivity index (χ2n) is 4.81. The zero-order chi connectivity index (χ0) is 16.2. The molecule has 3 rings (SSSR count). The molecule has 1 aliphatic carbocycles. The second kappa shape index (κ2) is 6.50. The van der Waals surface area contributed by atoms with E-state index in [9.17, 15) is 14.4 Å². The number of hydrogen-bond acceptors (Lipinski definition) is 5. The molecule has 0 saturated heterocycles. The Morgan fingerprint density at radius 3 is 2.65 bits per heavy atom. The van der Waals surface area contributed by atoms with Crippen LogP contribution in [0.4, 0.5) is 0 Å². The lowest BCUT2D eigenvalue weighted by Gasteiger charge is -2.16.